The third-order valence-electron chi connectivity index (χ3n) is 3.37. The number of aromatic nitrogens is 1. The molecule has 2 aromatic carbocycles. The summed E-state index contributed by atoms with van der Waals surface area (Å²) in [7, 11) is 1.64. The van der Waals surface area contributed by atoms with Gasteiger partial charge in [-0.05, 0) is 55.5 Å². The molecule has 0 bridgehead atoms. The van der Waals surface area contributed by atoms with Gasteiger partial charge in [-0.15, -0.1) is 23.1 Å². The van der Waals surface area contributed by atoms with Crippen molar-refractivity contribution in [2.24, 2.45) is 0 Å². The van der Waals surface area contributed by atoms with Crippen LogP contribution in [0.15, 0.2) is 68.0 Å². The molecule has 4 nitrogen and oxygen atoms in total. The molecule has 1 N–H and O–H groups in total. The first-order valence-electron chi connectivity index (χ1n) is 7.89. The van der Waals surface area contributed by atoms with Crippen molar-refractivity contribution in [1.29, 1.82) is 0 Å². The van der Waals surface area contributed by atoms with Gasteiger partial charge in [0.2, 0.25) is 5.91 Å². The number of methoxy groups -OCH3 is 1. The minimum atomic E-state index is -0.0261. The predicted molar refractivity (Wildman–Crippen MR) is 110 cm³/mol. The van der Waals surface area contributed by atoms with E-state index < -0.39 is 0 Å². The molecule has 7 heteroatoms. The Bertz CT molecular complexity index is 861. The molecule has 3 aromatic rings. The standard InChI is InChI=1S/C19H18N2O2S3/c1-13-11-25-19(20-13)26-17-7-3-14(4-8-17)21-18(22)12-24-16-9-5-15(23-2)6-10-16/h3-11H,12H2,1-2H3,(H,21,22). The first-order chi connectivity index (χ1) is 12.6. The average Bonchev–Trinajstić information content (AvgIpc) is 3.07. The van der Waals surface area contributed by atoms with E-state index in [9.17, 15) is 4.79 Å². The number of anilines is 1. The van der Waals surface area contributed by atoms with Crippen LogP contribution in [0.25, 0.3) is 0 Å². The highest BCUT2D eigenvalue weighted by Gasteiger charge is 2.06. The van der Waals surface area contributed by atoms with Gasteiger partial charge in [-0.1, -0.05) is 11.8 Å². The lowest BCUT2D eigenvalue weighted by atomic mass is 10.3. The highest BCUT2D eigenvalue weighted by atomic mass is 32.2. The van der Waals surface area contributed by atoms with Crippen LogP contribution in [0.1, 0.15) is 5.69 Å². The van der Waals surface area contributed by atoms with Crippen molar-refractivity contribution >= 4 is 46.5 Å². The van der Waals surface area contributed by atoms with E-state index in [0.29, 0.717) is 5.75 Å². The van der Waals surface area contributed by atoms with Crippen molar-refractivity contribution in [2.75, 3.05) is 18.2 Å². The van der Waals surface area contributed by atoms with E-state index in [4.69, 9.17) is 4.74 Å². The second-order valence-corrected chi connectivity index (χ2v) is 8.62. The molecule has 0 aliphatic carbocycles. The number of aryl methyl sites for hydroxylation is 1. The summed E-state index contributed by atoms with van der Waals surface area (Å²) in [6.07, 6.45) is 0. The average molecular weight is 403 g/mol. The monoisotopic (exact) mass is 402 g/mol. The van der Waals surface area contributed by atoms with E-state index in [2.05, 4.69) is 10.3 Å². The van der Waals surface area contributed by atoms with E-state index in [1.807, 2.05) is 60.8 Å². The Kier molecular flexibility index (Phi) is 6.60. The SMILES string of the molecule is COc1ccc(SCC(=O)Nc2ccc(Sc3nc(C)cs3)cc2)cc1. The van der Waals surface area contributed by atoms with Crippen LogP contribution in [0.4, 0.5) is 5.69 Å². The van der Waals surface area contributed by atoms with Gasteiger partial charge in [0.15, 0.2) is 4.34 Å². The number of hydrogen-bond donors (Lipinski definition) is 1. The number of amides is 1. The topological polar surface area (TPSA) is 51.2 Å². The Labute approximate surface area is 165 Å². The maximum absolute atomic E-state index is 12.1. The molecule has 0 atom stereocenters. The van der Waals surface area contributed by atoms with Crippen molar-refractivity contribution < 1.29 is 9.53 Å². The maximum Gasteiger partial charge on any atom is 0.234 e. The Morgan fingerprint density at radius 1 is 1.12 bits per heavy atom. The van der Waals surface area contributed by atoms with Crippen molar-refractivity contribution in [3.05, 3.63) is 59.6 Å². The Morgan fingerprint density at radius 2 is 1.81 bits per heavy atom. The molecule has 0 aliphatic heterocycles. The fourth-order valence-electron chi connectivity index (χ4n) is 2.10. The minimum absolute atomic E-state index is 0.0261. The summed E-state index contributed by atoms with van der Waals surface area (Å²) in [6, 6.07) is 15.5. The molecule has 0 fully saturated rings. The third kappa shape index (κ3) is 5.52. The van der Waals surface area contributed by atoms with Crippen molar-refractivity contribution in [1.82, 2.24) is 4.98 Å². The summed E-state index contributed by atoms with van der Waals surface area (Å²) in [6.45, 7) is 1.99. The predicted octanol–water partition coefficient (Wildman–Crippen LogP) is 5.34. The van der Waals surface area contributed by atoms with Crippen LogP contribution < -0.4 is 10.1 Å². The lowest BCUT2D eigenvalue weighted by molar-refractivity contribution is -0.113. The van der Waals surface area contributed by atoms with E-state index in [1.54, 1.807) is 30.2 Å². The Hall–Kier alpha value is -1.96. The highest BCUT2D eigenvalue weighted by molar-refractivity contribution is 8.01. The van der Waals surface area contributed by atoms with Crippen LogP contribution >= 0.6 is 34.9 Å². The van der Waals surface area contributed by atoms with E-state index >= 15 is 0 Å². The zero-order valence-corrected chi connectivity index (χ0v) is 16.8. The Balaban J connectivity index is 1.49. The molecule has 1 heterocycles. The Morgan fingerprint density at radius 3 is 2.42 bits per heavy atom. The van der Waals surface area contributed by atoms with Crippen LogP contribution in [-0.4, -0.2) is 23.8 Å². The number of carbonyl (C=O) groups is 1. The summed E-state index contributed by atoms with van der Waals surface area (Å²) in [4.78, 5) is 18.7. The van der Waals surface area contributed by atoms with Crippen LogP contribution in [0.5, 0.6) is 5.75 Å². The number of carbonyl (C=O) groups excluding carboxylic acids is 1. The fourth-order valence-corrected chi connectivity index (χ4v) is 4.61. The molecule has 0 unspecified atom stereocenters. The smallest absolute Gasteiger partial charge is 0.234 e. The van der Waals surface area contributed by atoms with Gasteiger partial charge in [0.25, 0.3) is 0 Å². The molecule has 0 aliphatic rings. The second-order valence-electron chi connectivity index (χ2n) is 5.39. The van der Waals surface area contributed by atoms with Gasteiger partial charge < -0.3 is 10.1 Å². The van der Waals surface area contributed by atoms with Crippen LogP contribution in [-0.2, 0) is 4.79 Å². The molecule has 0 spiro atoms. The zero-order chi connectivity index (χ0) is 18.4. The number of nitrogens with one attached hydrogen (secondary N) is 1. The minimum Gasteiger partial charge on any atom is -0.497 e. The number of ether oxygens (including phenoxy) is 1. The largest absolute Gasteiger partial charge is 0.497 e. The van der Waals surface area contributed by atoms with Gasteiger partial charge in [-0.2, -0.15) is 0 Å². The van der Waals surface area contributed by atoms with Gasteiger partial charge in [-0.3, -0.25) is 4.79 Å². The molecule has 3 rings (SSSR count). The molecular formula is C19H18N2O2S3. The van der Waals surface area contributed by atoms with Crippen LogP contribution in [0.3, 0.4) is 0 Å². The molecule has 134 valence electrons. The first kappa shape index (κ1) is 18.8. The lowest BCUT2D eigenvalue weighted by Gasteiger charge is -2.06. The van der Waals surface area contributed by atoms with Crippen molar-refractivity contribution in [3.8, 4) is 5.75 Å². The normalized spacial score (nSPS) is 10.5. The summed E-state index contributed by atoms with van der Waals surface area (Å²) >= 11 is 4.76. The maximum atomic E-state index is 12.1. The van der Waals surface area contributed by atoms with E-state index in [0.717, 1.165) is 31.3 Å². The van der Waals surface area contributed by atoms with Gasteiger partial charge in [0.1, 0.15) is 5.75 Å². The lowest BCUT2D eigenvalue weighted by Crippen LogP contribution is -2.13. The number of thiazole rings is 1. The van der Waals surface area contributed by atoms with Crippen molar-refractivity contribution in [2.45, 2.75) is 21.1 Å². The first-order valence-corrected chi connectivity index (χ1v) is 10.6. The van der Waals surface area contributed by atoms with Crippen LogP contribution in [0.2, 0.25) is 0 Å². The second kappa shape index (κ2) is 9.12. The highest BCUT2D eigenvalue weighted by Crippen LogP contribution is 2.31. The number of benzene rings is 2. The van der Waals surface area contributed by atoms with E-state index in [1.165, 1.54) is 11.8 Å². The molecule has 0 saturated heterocycles. The fraction of sp³-hybridized carbons (Fsp3) is 0.158. The van der Waals surface area contributed by atoms with Gasteiger partial charge in [0, 0.05) is 26.6 Å². The quantitative estimate of drug-likeness (QED) is 0.541. The zero-order valence-electron chi connectivity index (χ0n) is 14.4. The van der Waals surface area contributed by atoms with Gasteiger partial charge in [-0.25, -0.2) is 4.98 Å². The van der Waals surface area contributed by atoms with E-state index in [-0.39, 0.29) is 5.91 Å². The molecule has 1 amide bonds. The number of nitrogens with zero attached hydrogens (tertiary/aromatic N) is 1. The summed E-state index contributed by atoms with van der Waals surface area (Å²) < 4.78 is 6.15. The molecule has 26 heavy (non-hydrogen) atoms. The third-order valence-corrected chi connectivity index (χ3v) is 6.45. The number of hydrogen-bond acceptors (Lipinski definition) is 6. The molecule has 0 radical (unpaired) electrons. The summed E-state index contributed by atoms with van der Waals surface area (Å²) in [5.41, 5.74) is 1.83. The summed E-state index contributed by atoms with van der Waals surface area (Å²) in [5, 5.41) is 4.96. The number of rotatable bonds is 7. The van der Waals surface area contributed by atoms with Crippen molar-refractivity contribution in [3.63, 3.8) is 0 Å². The van der Waals surface area contributed by atoms with Gasteiger partial charge >= 0.3 is 0 Å². The van der Waals surface area contributed by atoms with Gasteiger partial charge in [0.05, 0.1) is 12.9 Å². The number of thioether (sulfide) groups is 1. The molecule has 0 saturated carbocycles. The molecular weight excluding hydrogens is 384 g/mol. The summed E-state index contributed by atoms with van der Waals surface area (Å²) in [5.74, 6) is 1.15. The molecule has 1 aromatic heterocycles. The van der Waals surface area contributed by atoms with Crippen LogP contribution in [0, 0.1) is 6.92 Å².